The van der Waals surface area contributed by atoms with Crippen molar-refractivity contribution in [3.8, 4) is 5.75 Å². The van der Waals surface area contributed by atoms with E-state index in [0.29, 0.717) is 32.7 Å². The van der Waals surface area contributed by atoms with Gasteiger partial charge in [0.1, 0.15) is 0 Å². The number of piperazine rings is 1. The molecule has 0 spiro atoms. The van der Waals surface area contributed by atoms with Crippen LogP contribution in [-0.4, -0.2) is 48.4 Å². The number of hydrogen-bond donors (Lipinski definition) is 2. The third-order valence-corrected chi connectivity index (χ3v) is 3.34. The molecule has 1 aliphatic heterocycles. The second kappa shape index (κ2) is 8.05. The molecular formula is C14H20ClFN2O3. The monoisotopic (exact) mass is 318 g/mol. The fraction of sp³-hybridized carbons (Fsp3) is 0.500. The molecule has 0 unspecified atom stereocenters. The van der Waals surface area contributed by atoms with Crippen LogP contribution in [0.1, 0.15) is 12.0 Å². The Morgan fingerprint density at radius 2 is 2.33 bits per heavy atom. The molecule has 1 fully saturated rings. The van der Waals surface area contributed by atoms with Crippen molar-refractivity contribution in [3.05, 3.63) is 29.6 Å². The van der Waals surface area contributed by atoms with Gasteiger partial charge in [0.25, 0.3) is 0 Å². The van der Waals surface area contributed by atoms with Gasteiger partial charge in [-0.1, -0.05) is 6.07 Å². The van der Waals surface area contributed by atoms with Crippen LogP contribution in [0.25, 0.3) is 0 Å². The standard InChI is InChI=1S/C14H19FN2O3.ClH/c1-10-2-3-13(12(15)8-10)20-7-4-11-9-17(14(18)19)6-5-16-11;/h2-3,8,11,16H,4-7,9H2,1H3,(H,18,19);1H/t11-;/m1./s1. The van der Waals surface area contributed by atoms with Crippen LogP contribution in [0, 0.1) is 12.7 Å². The molecule has 0 aliphatic carbocycles. The molecule has 21 heavy (non-hydrogen) atoms. The number of amides is 1. The van der Waals surface area contributed by atoms with Crippen LogP contribution in [0.5, 0.6) is 5.75 Å². The van der Waals surface area contributed by atoms with Crippen molar-refractivity contribution in [2.24, 2.45) is 0 Å². The van der Waals surface area contributed by atoms with Gasteiger partial charge in [-0.15, -0.1) is 12.4 Å². The molecule has 1 amide bonds. The quantitative estimate of drug-likeness (QED) is 0.894. The van der Waals surface area contributed by atoms with Gasteiger partial charge in [0.15, 0.2) is 11.6 Å². The van der Waals surface area contributed by atoms with Crippen molar-refractivity contribution >= 4 is 18.5 Å². The van der Waals surface area contributed by atoms with Crippen molar-refractivity contribution < 1.29 is 19.0 Å². The van der Waals surface area contributed by atoms with Crippen molar-refractivity contribution in [2.75, 3.05) is 26.2 Å². The predicted molar refractivity (Wildman–Crippen MR) is 79.9 cm³/mol. The van der Waals surface area contributed by atoms with Gasteiger partial charge in [-0.2, -0.15) is 0 Å². The Labute approximate surface area is 129 Å². The maximum atomic E-state index is 13.6. The van der Waals surface area contributed by atoms with Gasteiger partial charge >= 0.3 is 6.09 Å². The number of ether oxygens (including phenoxy) is 1. The molecule has 0 bridgehead atoms. The summed E-state index contributed by atoms with van der Waals surface area (Å²) in [6.07, 6.45) is -0.265. The lowest BCUT2D eigenvalue weighted by Crippen LogP contribution is -2.52. The SMILES string of the molecule is Cc1ccc(OCC[C@@H]2CN(C(=O)O)CCN2)c(F)c1.Cl. The van der Waals surface area contributed by atoms with Crippen molar-refractivity contribution in [1.82, 2.24) is 10.2 Å². The first-order chi connectivity index (χ1) is 9.56. The summed E-state index contributed by atoms with van der Waals surface area (Å²) in [4.78, 5) is 12.3. The van der Waals surface area contributed by atoms with Crippen LogP contribution < -0.4 is 10.1 Å². The fourth-order valence-electron chi connectivity index (χ4n) is 2.23. The Kier molecular flexibility index (Phi) is 6.71. The van der Waals surface area contributed by atoms with Crippen LogP contribution in [0.15, 0.2) is 18.2 Å². The van der Waals surface area contributed by atoms with E-state index in [2.05, 4.69) is 5.32 Å². The van der Waals surface area contributed by atoms with Gasteiger partial charge < -0.3 is 20.1 Å². The highest BCUT2D eigenvalue weighted by Crippen LogP contribution is 2.18. The average molecular weight is 319 g/mol. The minimum atomic E-state index is -0.901. The van der Waals surface area contributed by atoms with E-state index in [4.69, 9.17) is 9.84 Å². The van der Waals surface area contributed by atoms with Gasteiger partial charge in [-0.25, -0.2) is 9.18 Å². The smallest absolute Gasteiger partial charge is 0.407 e. The van der Waals surface area contributed by atoms with E-state index in [9.17, 15) is 9.18 Å². The second-order valence-electron chi connectivity index (χ2n) is 4.95. The van der Waals surface area contributed by atoms with E-state index >= 15 is 0 Å². The topological polar surface area (TPSA) is 61.8 Å². The van der Waals surface area contributed by atoms with Gasteiger partial charge in [0.2, 0.25) is 0 Å². The lowest BCUT2D eigenvalue weighted by molar-refractivity contribution is 0.124. The van der Waals surface area contributed by atoms with E-state index < -0.39 is 6.09 Å². The van der Waals surface area contributed by atoms with Crippen LogP contribution in [0.2, 0.25) is 0 Å². The Hall–Kier alpha value is -1.53. The summed E-state index contributed by atoms with van der Waals surface area (Å²) in [5, 5.41) is 12.2. The van der Waals surface area contributed by atoms with Crippen LogP contribution in [0.3, 0.4) is 0 Å². The first-order valence-corrected chi connectivity index (χ1v) is 6.66. The molecule has 5 nitrogen and oxygen atoms in total. The molecule has 118 valence electrons. The van der Waals surface area contributed by atoms with Gasteiger partial charge in [-0.3, -0.25) is 0 Å². The fourth-order valence-corrected chi connectivity index (χ4v) is 2.23. The van der Waals surface area contributed by atoms with E-state index in [1.54, 1.807) is 12.1 Å². The van der Waals surface area contributed by atoms with Gasteiger partial charge in [0, 0.05) is 25.7 Å². The van der Waals surface area contributed by atoms with Crippen LogP contribution >= 0.6 is 12.4 Å². The van der Waals surface area contributed by atoms with E-state index in [-0.39, 0.29) is 30.0 Å². The Bertz CT molecular complexity index is 487. The molecule has 0 saturated carbocycles. The lowest BCUT2D eigenvalue weighted by Gasteiger charge is -2.31. The number of nitrogens with zero attached hydrogens (tertiary/aromatic N) is 1. The lowest BCUT2D eigenvalue weighted by atomic mass is 10.1. The molecule has 1 aromatic carbocycles. The highest BCUT2D eigenvalue weighted by Gasteiger charge is 2.22. The number of carboxylic acid groups (broad SMARTS) is 1. The zero-order chi connectivity index (χ0) is 14.5. The second-order valence-corrected chi connectivity index (χ2v) is 4.95. The molecule has 0 aromatic heterocycles. The Balaban J connectivity index is 0.00000220. The van der Waals surface area contributed by atoms with Gasteiger partial charge in [0.05, 0.1) is 6.61 Å². The zero-order valence-electron chi connectivity index (χ0n) is 11.8. The minimum absolute atomic E-state index is 0. The summed E-state index contributed by atoms with van der Waals surface area (Å²) in [5.41, 5.74) is 0.848. The molecule has 7 heteroatoms. The van der Waals surface area contributed by atoms with E-state index in [1.165, 1.54) is 11.0 Å². The summed E-state index contributed by atoms with van der Waals surface area (Å²) in [7, 11) is 0. The number of halogens is 2. The molecular weight excluding hydrogens is 299 g/mol. The Morgan fingerprint density at radius 3 is 3.00 bits per heavy atom. The third-order valence-electron chi connectivity index (χ3n) is 3.34. The molecule has 1 aromatic rings. The summed E-state index contributed by atoms with van der Waals surface area (Å²) < 4.78 is 19.0. The molecule has 2 N–H and O–H groups in total. The molecule has 1 heterocycles. The first-order valence-electron chi connectivity index (χ1n) is 6.66. The molecule has 1 atom stereocenters. The van der Waals surface area contributed by atoms with E-state index in [0.717, 1.165) is 5.56 Å². The highest BCUT2D eigenvalue weighted by molar-refractivity contribution is 5.85. The normalized spacial score (nSPS) is 18.0. The number of hydrogen-bond acceptors (Lipinski definition) is 3. The molecule has 1 aliphatic rings. The highest BCUT2D eigenvalue weighted by atomic mass is 35.5. The minimum Gasteiger partial charge on any atom is -0.490 e. The maximum absolute atomic E-state index is 13.6. The van der Waals surface area contributed by atoms with Crippen molar-refractivity contribution in [1.29, 1.82) is 0 Å². The van der Waals surface area contributed by atoms with Crippen molar-refractivity contribution in [2.45, 2.75) is 19.4 Å². The number of nitrogens with one attached hydrogen (secondary N) is 1. The molecule has 1 saturated heterocycles. The number of benzene rings is 1. The maximum Gasteiger partial charge on any atom is 0.407 e. The van der Waals surface area contributed by atoms with Crippen LogP contribution in [-0.2, 0) is 0 Å². The summed E-state index contributed by atoms with van der Waals surface area (Å²) in [6.45, 7) is 3.74. The van der Waals surface area contributed by atoms with Gasteiger partial charge in [-0.05, 0) is 31.0 Å². The van der Waals surface area contributed by atoms with Crippen molar-refractivity contribution in [3.63, 3.8) is 0 Å². The largest absolute Gasteiger partial charge is 0.490 e. The number of carbonyl (C=O) groups is 1. The third kappa shape index (κ3) is 5.06. The van der Waals surface area contributed by atoms with Crippen LogP contribution in [0.4, 0.5) is 9.18 Å². The molecule has 0 radical (unpaired) electrons. The Morgan fingerprint density at radius 1 is 1.57 bits per heavy atom. The first kappa shape index (κ1) is 17.5. The summed E-state index contributed by atoms with van der Waals surface area (Å²) in [6, 6.07) is 4.89. The predicted octanol–water partition coefficient (Wildman–Crippen LogP) is 2.28. The number of aryl methyl sites for hydroxylation is 1. The zero-order valence-corrected chi connectivity index (χ0v) is 12.7. The summed E-state index contributed by atoms with van der Waals surface area (Å²) in [5.74, 6) is -0.129. The molecule has 2 rings (SSSR count). The average Bonchev–Trinajstić information content (AvgIpc) is 2.41. The van der Waals surface area contributed by atoms with E-state index in [1.807, 2.05) is 6.92 Å². The summed E-state index contributed by atoms with van der Waals surface area (Å²) >= 11 is 0. The number of rotatable bonds is 4.